The van der Waals surface area contributed by atoms with E-state index in [1.54, 1.807) is 6.08 Å². The van der Waals surface area contributed by atoms with Crippen LogP contribution in [0.3, 0.4) is 0 Å². The zero-order valence-electron chi connectivity index (χ0n) is 7.99. The SMILES string of the molecule is C=CCNC1(C(=O)O)CCOCC1.Cl. The van der Waals surface area contributed by atoms with Crippen molar-refractivity contribution in [1.82, 2.24) is 5.32 Å². The predicted molar refractivity (Wildman–Crippen MR) is 55.9 cm³/mol. The smallest absolute Gasteiger partial charge is 0.324 e. The van der Waals surface area contributed by atoms with Crippen molar-refractivity contribution in [2.45, 2.75) is 18.4 Å². The maximum Gasteiger partial charge on any atom is 0.324 e. The van der Waals surface area contributed by atoms with Gasteiger partial charge >= 0.3 is 5.97 Å². The van der Waals surface area contributed by atoms with Crippen LogP contribution in [-0.2, 0) is 9.53 Å². The number of carboxylic acids is 1. The molecule has 0 aromatic heterocycles. The number of ether oxygens (including phenoxy) is 1. The molecule has 1 heterocycles. The topological polar surface area (TPSA) is 58.6 Å². The van der Waals surface area contributed by atoms with E-state index in [2.05, 4.69) is 11.9 Å². The minimum absolute atomic E-state index is 0. The average molecular weight is 222 g/mol. The second-order valence-corrected chi connectivity index (χ2v) is 3.17. The Hall–Kier alpha value is -0.580. The second kappa shape index (κ2) is 6.01. The van der Waals surface area contributed by atoms with Crippen LogP contribution in [-0.4, -0.2) is 36.4 Å². The summed E-state index contributed by atoms with van der Waals surface area (Å²) >= 11 is 0. The van der Waals surface area contributed by atoms with E-state index >= 15 is 0 Å². The number of carbonyl (C=O) groups is 1. The fourth-order valence-electron chi connectivity index (χ4n) is 1.45. The third-order valence-electron chi connectivity index (χ3n) is 2.34. The molecule has 1 fully saturated rings. The van der Waals surface area contributed by atoms with Crippen molar-refractivity contribution >= 4 is 18.4 Å². The molecule has 1 rings (SSSR count). The molecule has 0 aliphatic carbocycles. The molecule has 1 aliphatic rings. The van der Waals surface area contributed by atoms with Gasteiger partial charge in [-0.1, -0.05) is 6.08 Å². The minimum atomic E-state index is -0.799. The summed E-state index contributed by atoms with van der Waals surface area (Å²) in [5, 5.41) is 12.0. The standard InChI is InChI=1S/C9H15NO3.ClH/c1-2-5-10-9(8(11)12)3-6-13-7-4-9;/h2,10H,1,3-7H2,(H,11,12);1H. The van der Waals surface area contributed by atoms with E-state index in [1.165, 1.54) is 0 Å². The average Bonchev–Trinajstić information content (AvgIpc) is 2.16. The highest BCUT2D eigenvalue weighted by Crippen LogP contribution is 2.20. The first-order valence-corrected chi connectivity index (χ1v) is 4.38. The molecule has 0 amide bonds. The van der Waals surface area contributed by atoms with Crippen LogP contribution in [0.1, 0.15) is 12.8 Å². The van der Waals surface area contributed by atoms with Gasteiger partial charge < -0.3 is 9.84 Å². The molecule has 0 atom stereocenters. The van der Waals surface area contributed by atoms with Crippen molar-refractivity contribution < 1.29 is 14.6 Å². The zero-order chi connectivity index (χ0) is 9.73. The molecular weight excluding hydrogens is 206 g/mol. The highest BCUT2D eigenvalue weighted by molar-refractivity contribution is 5.85. The Balaban J connectivity index is 0.00000169. The number of nitrogens with one attached hydrogen (secondary N) is 1. The first-order valence-electron chi connectivity index (χ1n) is 4.38. The van der Waals surface area contributed by atoms with Gasteiger partial charge in [-0.15, -0.1) is 19.0 Å². The van der Waals surface area contributed by atoms with Gasteiger partial charge in [0.1, 0.15) is 5.54 Å². The molecule has 0 bridgehead atoms. The van der Waals surface area contributed by atoms with Crippen LogP contribution >= 0.6 is 12.4 Å². The summed E-state index contributed by atoms with van der Waals surface area (Å²) in [5.41, 5.74) is -0.799. The van der Waals surface area contributed by atoms with Crippen LogP contribution in [0, 0.1) is 0 Å². The first kappa shape index (κ1) is 13.4. The quantitative estimate of drug-likeness (QED) is 0.690. The maximum atomic E-state index is 11.0. The fourth-order valence-corrected chi connectivity index (χ4v) is 1.45. The summed E-state index contributed by atoms with van der Waals surface area (Å²) in [4.78, 5) is 11.0. The minimum Gasteiger partial charge on any atom is -0.480 e. The number of aliphatic carboxylic acids is 1. The summed E-state index contributed by atoms with van der Waals surface area (Å²) in [5.74, 6) is -0.794. The third-order valence-corrected chi connectivity index (χ3v) is 2.34. The van der Waals surface area contributed by atoms with Gasteiger partial charge in [0, 0.05) is 19.8 Å². The lowest BCUT2D eigenvalue weighted by molar-refractivity contribution is -0.149. The molecule has 82 valence electrons. The van der Waals surface area contributed by atoms with Crippen LogP contribution < -0.4 is 5.32 Å². The molecule has 0 spiro atoms. The van der Waals surface area contributed by atoms with Crippen molar-refractivity contribution in [2.75, 3.05) is 19.8 Å². The summed E-state index contributed by atoms with van der Waals surface area (Å²) < 4.78 is 5.13. The lowest BCUT2D eigenvalue weighted by Crippen LogP contribution is -2.55. The van der Waals surface area contributed by atoms with Crippen LogP contribution in [0.4, 0.5) is 0 Å². The van der Waals surface area contributed by atoms with E-state index in [4.69, 9.17) is 9.84 Å². The number of hydrogen-bond acceptors (Lipinski definition) is 3. The lowest BCUT2D eigenvalue weighted by Gasteiger charge is -2.33. The van der Waals surface area contributed by atoms with E-state index in [9.17, 15) is 4.79 Å². The maximum absolute atomic E-state index is 11.0. The van der Waals surface area contributed by atoms with Gasteiger partial charge in [-0.2, -0.15) is 0 Å². The molecule has 0 aromatic rings. The molecule has 4 nitrogen and oxygen atoms in total. The van der Waals surface area contributed by atoms with Crippen molar-refractivity contribution in [2.24, 2.45) is 0 Å². The third kappa shape index (κ3) is 2.97. The molecule has 0 radical (unpaired) electrons. The van der Waals surface area contributed by atoms with Gasteiger partial charge in [0.05, 0.1) is 0 Å². The Labute approximate surface area is 89.7 Å². The highest BCUT2D eigenvalue weighted by atomic mass is 35.5. The Bertz CT molecular complexity index is 202. The van der Waals surface area contributed by atoms with Crippen molar-refractivity contribution in [1.29, 1.82) is 0 Å². The van der Waals surface area contributed by atoms with E-state index < -0.39 is 11.5 Å². The molecule has 0 saturated carbocycles. The van der Waals surface area contributed by atoms with Gasteiger partial charge in [0.15, 0.2) is 0 Å². The Kier molecular flexibility index (Phi) is 5.76. The van der Waals surface area contributed by atoms with Crippen LogP contribution in [0.5, 0.6) is 0 Å². The number of halogens is 1. The van der Waals surface area contributed by atoms with Crippen LogP contribution in [0.25, 0.3) is 0 Å². The number of rotatable bonds is 4. The van der Waals surface area contributed by atoms with Gasteiger partial charge in [-0.3, -0.25) is 10.1 Å². The Morgan fingerprint density at radius 2 is 2.14 bits per heavy atom. The molecule has 14 heavy (non-hydrogen) atoms. The molecule has 1 saturated heterocycles. The molecule has 5 heteroatoms. The monoisotopic (exact) mass is 221 g/mol. The van der Waals surface area contributed by atoms with Gasteiger partial charge in [0.2, 0.25) is 0 Å². The van der Waals surface area contributed by atoms with E-state index in [0.29, 0.717) is 32.6 Å². The normalized spacial score (nSPS) is 19.4. The molecule has 0 aromatic carbocycles. The summed E-state index contributed by atoms with van der Waals surface area (Å²) in [7, 11) is 0. The van der Waals surface area contributed by atoms with Crippen molar-refractivity contribution in [3.8, 4) is 0 Å². The van der Waals surface area contributed by atoms with Crippen molar-refractivity contribution in [3.63, 3.8) is 0 Å². The van der Waals surface area contributed by atoms with E-state index in [0.717, 1.165) is 0 Å². The Morgan fingerprint density at radius 3 is 2.57 bits per heavy atom. The summed E-state index contributed by atoms with van der Waals surface area (Å²) in [6.45, 7) is 5.09. The van der Waals surface area contributed by atoms with Crippen LogP contribution in [0.15, 0.2) is 12.7 Å². The largest absolute Gasteiger partial charge is 0.480 e. The van der Waals surface area contributed by atoms with Crippen LogP contribution in [0.2, 0.25) is 0 Å². The summed E-state index contributed by atoms with van der Waals surface area (Å²) in [6.07, 6.45) is 2.71. The Morgan fingerprint density at radius 1 is 1.57 bits per heavy atom. The van der Waals surface area contributed by atoms with Gasteiger partial charge in [-0.25, -0.2) is 0 Å². The van der Waals surface area contributed by atoms with E-state index in [1.807, 2.05) is 0 Å². The van der Waals surface area contributed by atoms with Gasteiger partial charge in [-0.05, 0) is 12.8 Å². The molecule has 0 unspecified atom stereocenters. The first-order chi connectivity index (χ1) is 6.21. The molecule has 1 aliphatic heterocycles. The van der Waals surface area contributed by atoms with Crippen molar-refractivity contribution in [3.05, 3.63) is 12.7 Å². The zero-order valence-corrected chi connectivity index (χ0v) is 8.81. The molecular formula is C9H16ClNO3. The van der Waals surface area contributed by atoms with E-state index in [-0.39, 0.29) is 12.4 Å². The second-order valence-electron chi connectivity index (χ2n) is 3.17. The number of hydrogen-bond donors (Lipinski definition) is 2. The summed E-state index contributed by atoms with van der Waals surface area (Å²) in [6, 6.07) is 0. The fraction of sp³-hybridized carbons (Fsp3) is 0.667. The highest BCUT2D eigenvalue weighted by Gasteiger charge is 2.39. The lowest BCUT2D eigenvalue weighted by atomic mass is 9.90. The predicted octanol–water partition coefficient (Wildman–Crippen LogP) is 0.818. The molecule has 2 N–H and O–H groups in total. The van der Waals surface area contributed by atoms with Gasteiger partial charge in [0.25, 0.3) is 0 Å². The number of carboxylic acid groups (broad SMARTS) is 1.